The maximum atomic E-state index is 13.3. The number of hydrogen-bond acceptors (Lipinski definition) is 5. The second-order valence-corrected chi connectivity index (χ2v) is 11.3. The van der Waals surface area contributed by atoms with Gasteiger partial charge in [-0.05, 0) is 63.8 Å². The standard InChI is InChI=1S/C29H47N3O5/c1-7-8-9-11-25(33)23-12-14-24(15-13-23)37-21-10-16-30-17-19-31(20-18-30)27(34)26(22(2)3)32(28(35)36)29(4,5)6/h12-15,22,26H,7-11,16-21H2,1-6H3,(H,35,36)/t26-/m0/s1. The Morgan fingerprint density at radius 3 is 2.14 bits per heavy atom. The maximum Gasteiger partial charge on any atom is 0.408 e. The van der Waals surface area contributed by atoms with Gasteiger partial charge in [0.25, 0.3) is 0 Å². The fourth-order valence-corrected chi connectivity index (χ4v) is 4.79. The lowest BCUT2D eigenvalue weighted by Gasteiger charge is -2.44. The van der Waals surface area contributed by atoms with Gasteiger partial charge in [0.15, 0.2) is 5.78 Å². The van der Waals surface area contributed by atoms with E-state index in [0.717, 1.165) is 56.6 Å². The average Bonchev–Trinajstić information content (AvgIpc) is 2.84. The lowest BCUT2D eigenvalue weighted by molar-refractivity contribution is -0.141. The summed E-state index contributed by atoms with van der Waals surface area (Å²) in [5.74, 6) is 0.724. The number of carbonyl (C=O) groups is 3. The molecule has 2 rings (SSSR count). The number of ketones is 1. The van der Waals surface area contributed by atoms with Crippen molar-refractivity contribution >= 4 is 17.8 Å². The van der Waals surface area contributed by atoms with E-state index in [1.807, 2.05) is 63.8 Å². The van der Waals surface area contributed by atoms with Gasteiger partial charge in [-0.3, -0.25) is 19.4 Å². The first-order chi connectivity index (χ1) is 17.5. The predicted octanol–water partition coefficient (Wildman–Crippen LogP) is 5.17. The summed E-state index contributed by atoms with van der Waals surface area (Å²) in [6.45, 7) is 15.6. The van der Waals surface area contributed by atoms with Gasteiger partial charge in [-0.15, -0.1) is 0 Å². The van der Waals surface area contributed by atoms with Crippen LogP contribution >= 0.6 is 0 Å². The molecule has 37 heavy (non-hydrogen) atoms. The largest absolute Gasteiger partial charge is 0.494 e. The third-order valence-electron chi connectivity index (χ3n) is 6.85. The molecular formula is C29H47N3O5. The minimum atomic E-state index is -1.06. The van der Waals surface area contributed by atoms with E-state index in [1.165, 1.54) is 4.90 Å². The third-order valence-corrected chi connectivity index (χ3v) is 6.85. The van der Waals surface area contributed by atoms with E-state index >= 15 is 0 Å². The summed E-state index contributed by atoms with van der Waals surface area (Å²) in [6, 6.07) is 6.71. The molecule has 0 saturated carbocycles. The number of nitrogens with zero attached hydrogens (tertiary/aromatic N) is 3. The Morgan fingerprint density at radius 2 is 1.62 bits per heavy atom. The topological polar surface area (TPSA) is 90.4 Å². The van der Waals surface area contributed by atoms with E-state index in [9.17, 15) is 19.5 Å². The normalized spacial score (nSPS) is 15.5. The van der Waals surface area contributed by atoms with Crippen molar-refractivity contribution in [1.82, 2.24) is 14.7 Å². The van der Waals surface area contributed by atoms with Crippen LogP contribution in [0.2, 0.25) is 0 Å². The predicted molar refractivity (Wildman–Crippen MR) is 146 cm³/mol. The second kappa shape index (κ2) is 14.4. The van der Waals surface area contributed by atoms with E-state index < -0.39 is 17.7 Å². The van der Waals surface area contributed by atoms with Crippen LogP contribution in [0.1, 0.15) is 84.0 Å². The van der Waals surface area contributed by atoms with E-state index in [1.54, 1.807) is 0 Å². The maximum absolute atomic E-state index is 13.3. The van der Waals surface area contributed by atoms with Gasteiger partial charge in [0.05, 0.1) is 6.61 Å². The number of carboxylic acid groups (broad SMARTS) is 1. The van der Waals surface area contributed by atoms with Gasteiger partial charge in [0, 0.05) is 50.2 Å². The van der Waals surface area contributed by atoms with Gasteiger partial charge in [-0.25, -0.2) is 4.79 Å². The Hall–Kier alpha value is -2.61. The Bertz CT molecular complexity index is 871. The summed E-state index contributed by atoms with van der Waals surface area (Å²) >= 11 is 0. The molecule has 1 atom stereocenters. The molecule has 0 bridgehead atoms. The summed E-state index contributed by atoms with van der Waals surface area (Å²) in [5.41, 5.74) is 0.0764. The summed E-state index contributed by atoms with van der Waals surface area (Å²) in [4.78, 5) is 43.0. The van der Waals surface area contributed by atoms with Crippen molar-refractivity contribution in [2.75, 3.05) is 39.3 Å². The van der Waals surface area contributed by atoms with Crippen molar-refractivity contribution in [2.24, 2.45) is 5.92 Å². The number of hydrogen-bond donors (Lipinski definition) is 1. The van der Waals surface area contributed by atoms with Crippen LogP contribution in [-0.2, 0) is 4.79 Å². The first kappa shape index (κ1) is 30.6. The molecule has 0 aromatic heterocycles. The fourth-order valence-electron chi connectivity index (χ4n) is 4.79. The molecule has 0 aliphatic carbocycles. The van der Waals surface area contributed by atoms with Crippen molar-refractivity contribution in [3.63, 3.8) is 0 Å². The lowest BCUT2D eigenvalue weighted by Crippen LogP contribution is -2.61. The smallest absolute Gasteiger partial charge is 0.408 e. The number of unbranched alkanes of at least 4 members (excludes halogenated alkanes) is 2. The molecule has 208 valence electrons. The molecule has 1 fully saturated rings. The average molecular weight is 518 g/mol. The van der Waals surface area contributed by atoms with Crippen molar-refractivity contribution in [2.45, 2.75) is 85.2 Å². The molecule has 8 heteroatoms. The number of amides is 2. The monoisotopic (exact) mass is 517 g/mol. The van der Waals surface area contributed by atoms with Gasteiger partial charge < -0.3 is 14.7 Å². The van der Waals surface area contributed by atoms with E-state index in [0.29, 0.717) is 26.1 Å². The van der Waals surface area contributed by atoms with Crippen LogP contribution in [-0.4, -0.2) is 88.5 Å². The fraction of sp³-hybridized carbons (Fsp3) is 0.690. The van der Waals surface area contributed by atoms with Gasteiger partial charge in [0.2, 0.25) is 5.91 Å². The van der Waals surface area contributed by atoms with Gasteiger partial charge in [-0.1, -0.05) is 33.6 Å². The summed E-state index contributed by atoms with van der Waals surface area (Å²) in [7, 11) is 0. The second-order valence-electron chi connectivity index (χ2n) is 11.3. The zero-order valence-corrected chi connectivity index (χ0v) is 23.7. The summed E-state index contributed by atoms with van der Waals surface area (Å²) in [5, 5.41) is 9.82. The van der Waals surface area contributed by atoms with Gasteiger partial charge in [-0.2, -0.15) is 0 Å². The number of carbonyl (C=O) groups excluding carboxylic acids is 2. The van der Waals surface area contributed by atoms with Crippen LogP contribution in [0, 0.1) is 5.92 Å². The highest BCUT2D eigenvalue weighted by molar-refractivity contribution is 5.96. The molecule has 0 unspecified atom stereocenters. The molecule has 2 amide bonds. The SMILES string of the molecule is CCCCCC(=O)c1ccc(OCCCN2CCN(C(=O)[C@H](C(C)C)N(C(=O)O)C(C)(C)C)CC2)cc1. The molecule has 1 aromatic carbocycles. The van der Waals surface area contributed by atoms with E-state index in [2.05, 4.69) is 11.8 Å². The van der Waals surface area contributed by atoms with Crippen LogP contribution in [0.5, 0.6) is 5.75 Å². The molecular weight excluding hydrogens is 470 g/mol. The minimum Gasteiger partial charge on any atom is -0.494 e. The number of Topliss-reactive ketones (excluding diaryl/α,β-unsaturated/α-hetero) is 1. The molecule has 0 spiro atoms. The highest BCUT2D eigenvalue weighted by atomic mass is 16.5. The van der Waals surface area contributed by atoms with Crippen LogP contribution in [0.4, 0.5) is 4.79 Å². The third kappa shape index (κ3) is 9.33. The van der Waals surface area contributed by atoms with Crippen LogP contribution in [0.25, 0.3) is 0 Å². The number of ether oxygens (including phenoxy) is 1. The molecule has 1 N–H and O–H groups in total. The number of piperazine rings is 1. The highest BCUT2D eigenvalue weighted by Gasteiger charge is 2.41. The molecule has 1 aliphatic heterocycles. The molecule has 8 nitrogen and oxygen atoms in total. The number of rotatable bonds is 13. The first-order valence-electron chi connectivity index (χ1n) is 13.7. The summed E-state index contributed by atoms with van der Waals surface area (Å²) < 4.78 is 5.86. The Morgan fingerprint density at radius 1 is 1.00 bits per heavy atom. The quantitative estimate of drug-likeness (QED) is 0.287. The zero-order chi connectivity index (χ0) is 27.6. The Kier molecular flexibility index (Phi) is 11.9. The molecule has 1 aliphatic rings. The van der Waals surface area contributed by atoms with Crippen molar-refractivity contribution in [3.05, 3.63) is 29.8 Å². The minimum absolute atomic E-state index is 0.109. The molecule has 0 radical (unpaired) electrons. The van der Waals surface area contributed by atoms with Crippen molar-refractivity contribution in [3.8, 4) is 5.75 Å². The lowest BCUT2D eigenvalue weighted by atomic mass is 9.95. The zero-order valence-electron chi connectivity index (χ0n) is 23.7. The van der Waals surface area contributed by atoms with Crippen LogP contribution in [0.3, 0.4) is 0 Å². The highest BCUT2D eigenvalue weighted by Crippen LogP contribution is 2.24. The van der Waals surface area contributed by atoms with Crippen LogP contribution in [0.15, 0.2) is 24.3 Å². The van der Waals surface area contributed by atoms with Crippen molar-refractivity contribution in [1.29, 1.82) is 0 Å². The van der Waals surface area contributed by atoms with Gasteiger partial charge >= 0.3 is 6.09 Å². The Balaban J connectivity index is 1.77. The first-order valence-corrected chi connectivity index (χ1v) is 13.7. The number of benzene rings is 1. The summed E-state index contributed by atoms with van der Waals surface area (Å²) in [6.07, 6.45) is 3.52. The van der Waals surface area contributed by atoms with Crippen LogP contribution < -0.4 is 4.74 Å². The molecule has 1 saturated heterocycles. The van der Waals surface area contributed by atoms with Gasteiger partial charge in [0.1, 0.15) is 11.8 Å². The molecule has 1 heterocycles. The van der Waals surface area contributed by atoms with E-state index in [4.69, 9.17) is 4.74 Å². The van der Waals surface area contributed by atoms with E-state index in [-0.39, 0.29) is 17.6 Å². The van der Waals surface area contributed by atoms with Crippen molar-refractivity contribution < 1.29 is 24.2 Å². The Labute approximate surface area is 222 Å². The molecule has 1 aromatic rings.